The topological polar surface area (TPSA) is 55.7 Å². The van der Waals surface area contributed by atoms with Crippen molar-refractivity contribution in [3.05, 3.63) is 35.9 Å². The highest BCUT2D eigenvalue weighted by atomic mass is 16.3. The highest BCUT2D eigenvalue weighted by molar-refractivity contribution is 5.19. The summed E-state index contributed by atoms with van der Waals surface area (Å²) in [5, 5.41) is 23.0. The molecule has 0 aliphatic carbocycles. The molecule has 0 saturated carbocycles. The molecule has 1 aliphatic rings. The first kappa shape index (κ1) is 12.5. The lowest BCUT2D eigenvalue weighted by Crippen LogP contribution is -2.43. The quantitative estimate of drug-likeness (QED) is 0.705. The largest absolute Gasteiger partial charge is 0.392 e. The van der Waals surface area contributed by atoms with Gasteiger partial charge >= 0.3 is 0 Å². The Morgan fingerprint density at radius 3 is 2.59 bits per heavy atom. The van der Waals surface area contributed by atoms with Gasteiger partial charge in [0.1, 0.15) is 6.23 Å². The van der Waals surface area contributed by atoms with Crippen molar-refractivity contribution in [3.8, 4) is 0 Å². The average molecular weight is 236 g/mol. The number of benzene rings is 1. The van der Waals surface area contributed by atoms with Gasteiger partial charge in [0.15, 0.2) is 0 Å². The van der Waals surface area contributed by atoms with Gasteiger partial charge in [-0.15, -0.1) is 0 Å². The van der Waals surface area contributed by atoms with Crippen LogP contribution in [-0.2, 0) is 0 Å². The van der Waals surface area contributed by atoms with E-state index in [0.29, 0.717) is 6.54 Å². The van der Waals surface area contributed by atoms with Gasteiger partial charge in [0.05, 0.1) is 12.1 Å². The Morgan fingerprint density at radius 1 is 1.35 bits per heavy atom. The molecule has 0 radical (unpaired) electrons. The molecular formula is C13H20N2O2. The minimum absolute atomic E-state index is 0.124. The molecule has 4 nitrogen and oxygen atoms in total. The Hall–Kier alpha value is -0.940. The lowest BCUT2D eigenvalue weighted by Gasteiger charge is -2.30. The van der Waals surface area contributed by atoms with E-state index in [1.165, 1.54) is 0 Å². The molecule has 1 saturated heterocycles. The summed E-state index contributed by atoms with van der Waals surface area (Å²) in [6.45, 7) is 1.29. The molecule has 1 aromatic carbocycles. The first-order valence-electron chi connectivity index (χ1n) is 6.04. The number of aliphatic hydroxyl groups excluding tert-OH is 2. The number of nitrogens with one attached hydrogen (secondary N) is 1. The van der Waals surface area contributed by atoms with Crippen molar-refractivity contribution in [1.82, 2.24) is 10.2 Å². The molecule has 1 aromatic rings. The Kier molecular flexibility index (Phi) is 4.12. The SMILES string of the molecule is CN[C@@H](c1ccccc1)C(O)N1CC[C@H](O)C1. The third-order valence-electron chi connectivity index (χ3n) is 3.34. The van der Waals surface area contributed by atoms with Gasteiger partial charge in [-0.2, -0.15) is 0 Å². The molecule has 0 bridgehead atoms. The Balaban J connectivity index is 2.08. The number of β-amino-alcohol motifs (C(OH)–C–C–N with tert-alkyl or cyclic N) is 1. The first-order valence-corrected chi connectivity index (χ1v) is 6.04. The van der Waals surface area contributed by atoms with Crippen LogP contribution in [0, 0.1) is 0 Å². The molecule has 4 heteroatoms. The van der Waals surface area contributed by atoms with Crippen LogP contribution in [0.1, 0.15) is 18.0 Å². The maximum absolute atomic E-state index is 10.3. The van der Waals surface area contributed by atoms with Gasteiger partial charge in [-0.25, -0.2) is 0 Å². The number of nitrogens with zero attached hydrogens (tertiary/aromatic N) is 1. The minimum Gasteiger partial charge on any atom is -0.392 e. The van der Waals surface area contributed by atoms with Crippen LogP contribution in [0.15, 0.2) is 30.3 Å². The second-order valence-corrected chi connectivity index (χ2v) is 4.53. The molecule has 1 heterocycles. The van der Waals surface area contributed by atoms with Crippen LogP contribution in [0.4, 0.5) is 0 Å². The highest BCUT2D eigenvalue weighted by Crippen LogP contribution is 2.22. The standard InChI is InChI=1S/C13H20N2O2/c1-14-12(10-5-3-2-4-6-10)13(17)15-8-7-11(16)9-15/h2-6,11-14,16-17H,7-9H2,1H3/t11-,12-,13?/m0/s1. The molecule has 1 fully saturated rings. The summed E-state index contributed by atoms with van der Waals surface area (Å²) in [4.78, 5) is 1.92. The normalized spacial score (nSPS) is 24.8. The van der Waals surface area contributed by atoms with Gasteiger partial charge in [-0.3, -0.25) is 4.90 Å². The van der Waals surface area contributed by atoms with Crippen LogP contribution in [0.3, 0.4) is 0 Å². The van der Waals surface area contributed by atoms with E-state index in [9.17, 15) is 10.2 Å². The lowest BCUT2D eigenvalue weighted by molar-refractivity contribution is -0.0155. The number of hydrogen-bond acceptors (Lipinski definition) is 4. The summed E-state index contributed by atoms with van der Waals surface area (Å²) in [5.74, 6) is 0. The predicted molar refractivity (Wildman–Crippen MR) is 66.4 cm³/mol. The summed E-state index contributed by atoms with van der Waals surface area (Å²) in [5.41, 5.74) is 1.06. The maximum atomic E-state index is 10.3. The third kappa shape index (κ3) is 2.84. The summed E-state index contributed by atoms with van der Waals surface area (Å²) < 4.78 is 0. The van der Waals surface area contributed by atoms with Crippen molar-refractivity contribution in [3.63, 3.8) is 0 Å². The van der Waals surface area contributed by atoms with Gasteiger partial charge in [0, 0.05) is 13.1 Å². The third-order valence-corrected chi connectivity index (χ3v) is 3.34. The van der Waals surface area contributed by atoms with E-state index in [2.05, 4.69) is 5.32 Å². The van der Waals surface area contributed by atoms with Gasteiger partial charge in [-0.05, 0) is 19.0 Å². The zero-order valence-corrected chi connectivity index (χ0v) is 10.1. The number of aliphatic hydroxyl groups is 2. The van der Waals surface area contributed by atoms with Crippen LogP contribution in [-0.4, -0.2) is 47.6 Å². The van der Waals surface area contributed by atoms with Crippen LogP contribution in [0.5, 0.6) is 0 Å². The zero-order valence-electron chi connectivity index (χ0n) is 10.1. The van der Waals surface area contributed by atoms with E-state index < -0.39 is 6.23 Å². The van der Waals surface area contributed by atoms with E-state index in [1.54, 1.807) is 0 Å². The van der Waals surface area contributed by atoms with Crippen molar-refractivity contribution in [2.24, 2.45) is 0 Å². The predicted octanol–water partition coefficient (Wildman–Crippen LogP) is 0.332. The van der Waals surface area contributed by atoms with Gasteiger partial charge < -0.3 is 15.5 Å². The van der Waals surface area contributed by atoms with E-state index in [-0.39, 0.29) is 12.1 Å². The second-order valence-electron chi connectivity index (χ2n) is 4.53. The number of likely N-dealkylation sites (N-methyl/N-ethyl adjacent to an activating group) is 1. The van der Waals surface area contributed by atoms with Crippen LogP contribution >= 0.6 is 0 Å². The van der Waals surface area contributed by atoms with Gasteiger partial charge in [-0.1, -0.05) is 30.3 Å². The lowest BCUT2D eigenvalue weighted by atomic mass is 10.1. The Morgan fingerprint density at radius 2 is 2.06 bits per heavy atom. The maximum Gasteiger partial charge on any atom is 0.127 e. The number of likely N-dealkylation sites (tertiary alicyclic amines) is 1. The van der Waals surface area contributed by atoms with E-state index in [0.717, 1.165) is 18.5 Å². The monoisotopic (exact) mass is 236 g/mol. The molecule has 0 amide bonds. The molecule has 0 aromatic heterocycles. The molecule has 0 spiro atoms. The van der Waals surface area contributed by atoms with E-state index >= 15 is 0 Å². The smallest absolute Gasteiger partial charge is 0.127 e. The number of rotatable bonds is 4. The summed E-state index contributed by atoms with van der Waals surface area (Å²) in [6, 6.07) is 9.76. The van der Waals surface area contributed by atoms with Gasteiger partial charge in [0.25, 0.3) is 0 Å². The minimum atomic E-state index is -0.598. The summed E-state index contributed by atoms with van der Waals surface area (Å²) in [6.07, 6.45) is -0.167. The summed E-state index contributed by atoms with van der Waals surface area (Å²) in [7, 11) is 1.84. The van der Waals surface area contributed by atoms with Crippen LogP contribution in [0.25, 0.3) is 0 Å². The molecule has 3 N–H and O–H groups in total. The van der Waals surface area contributed by atoms with Crippen molar-refractivity contribution >= 4 is 0 Å². The van der Waals surface area contributed by atoms with Crippen LogP contribution in [0.2, 0.25) is 0 Å². The fourth-order valence-electron chi connectivity index (χ4n) is 2.37. The average Bonchev–Trinajstić information content (AvgIpc) is 2.78. The number of hydrogen-bond donors (Lipinski definition) is 3. The second kappa shape index (κ2) is 5.60. The first-order chi connectivity index (χ1) is 8.22. The van der Waals surface area contributed by atoms with Crippen molar-refractivity contribution in [2.75, 3.05) is 20.1 Å². The fourth-order valence-corrected chi connectivity index (χ4v) is 2.37. The van der Waals surface area contributed by atoms with Crippen molar-refractivity contribution in [1.29, 1.82) is 0 Å². The molecule has 2 rings (SSSR count). The highest BCUT2D eigenvalue weighted by Gasteiger charge is 2.30. The molecule has 1 aliphatic heterocycles. The van der Waals surface area contributed by atoms with Gasteiger partial charge in [0.2, 0.25) is 0 Å². The van der Waals surface area contributed by atoms with Crippen LogP contribution < -0.4 is 5.32 Å². The fraction of sp³-hybridized carbons (Fsp3) is 0.538. The van der Waals surface area contributed by atoms with Crippen molar-refractivity contribution < 1.29 is 10.2 Å². The van der Waals surface area contributed by atoms with E-state index in [1.807, 2.05) is 42.3 Å². The van der Waals surface area contributed by atoms with Crippen molar-refractivity contribution in [2.45, 2.75) is 24.8 Å². The molecule has 3 atom stereocenters. The molecule has 1 unspecified atom stereocenters. The molecular weight excluding hydrogens is 216 g/mol. The molecule has 94 valence electrons. The Bertz CT molecular complexity index is 345. The Labute approximate surface area is 102 Å². The van der Waals surface area contributed by atoms with E-state index in [4.69, 9.17) is 0 Å². The molecule has 17 heavy (non-hydrogen) atoms. The zero-order chi connectivity index (χ0) is 12.3. The summed E-state index contributed by atoms with van der Waals surface area (Å²) >= 11 is 0.